The van der Waals surface area contributed by atoms with Crippen LogP contribution < -0.4 is 0 Å². The van der Waals surface area contributed by atoms with Gasteiger partial charge >= 0.3 is 0 Å². The van der Waals surface area contributed by atoms with Gasteiger partial charge in [0.2, 0.25) is 0 Å². The van der Waals surface area contributed by atoms with Gasteiger partial charge in [0, 0.05) is 12.6 Å². The van der Waals surface area contributed by atoms with Crippen molar-refractivity contribution in [3.8, 4) is 0 Å². The molecule has 0 radical (unpaired) electrons. The molecule has 0 aliphatic carbocycles. The molecule has 2 aromatic carbocycles. The monoisotopic (exact) mass is 343 g/mol. The largest absolute Gasteiger partial charge is 0.343 e. The third kappa shape index (κ3) is 2.76. The molecular formula is C20H16ClF2N. The number of halogens is 3. The Morgan fingerprint density at radius 2 is 1.62 bits per heavy atom. The average molecular weight is 344 g/mol. The molecule has 1 aliphatic rings. The highest BCUT2D eigenvalue weighted by Gasteiger charge is 2.27. The Morgan fingerprint density at radius 3 is 2.21 bits per heavy atom. The lowest BCUT2D eigenvalue weighted by Gasteiger charge is -2.31. The van der Waals surface area contributed by atoms with Gasteiger partial charge in [0.05, 0.1) is 22.0 Å². The molecule has 1 nitrogen and oxygen atoms in total. The molecule has 0 saturated heterocycles. The predicted octanol–water partition coefficient (Wildman–Crippen LogP) is 5.72. The minimum Gasteiger partial charge on any atom is -0.343 e. The van der Waals surface area contributed by atoms with Gasteiger partial charge in [0.25, 0.3) is 0 Å². The van der Waals surface area contributed by atoms with Crippen molar-refractivity contribution in [2.24, 2.45) is 0 Å². The van der Waals surface area contributed by atoms with Gasteiger partial charge in [-0.1, -0.05) is 48.5 Å². The van der Waals surface area contributed by atoms with E-state index in [1.807, 2.05) is 30.3 Å². The summed E-state index contributed by atoms with van der Waals surface area (Å²) in [4.78, 5) is 1.63. The summed E-state index contributed by atoms with van der Waals surface area (Å²) >= 11 is 6.26. The van der Waals surface area contributed by atoms with Crippen molar-refractivity contribution in [2.75, 3.05) is 7.05 Å². The first-order valence-electron chi connectivity index (χ1n) is 7.46. The van der Waals surface area contributed by atoms with Gasteiger partial charge in [0.15, 0.2) is 0 Å². The Balaban J connectivity index is 2.36. The standard InChI is InChI=1S/C20H16ClF2N/c1-12-9-17(22)19(18(23)10-12)20-15(14-7-5-4-6-8-14)11-16(21)13(2)24(20)3/h4-11H,2H2,1,3H3. The normalized spacial score (nSPS) is 15.0. The fourth-order valence-electron chi connectivity index (χ4n) is 2.82. The fraction of sp³-hybridized carbons (Fsp3) is 0.100. The highest BCUT2D eigenvalue weighted by molar-refractivity contribution is 6.33. The quantitative estimate of drug-likeness (QED) is 0.673. The summed E-state index contributed by atoms with van der Waals surface area (Å²) in [5, 5.41) is 0.438. The summed E-state index contributed by atoms with van der Waals surface area (Å²) in [6, 6.07) is 12.0. The second-order valence-electron chi connectivity index (χ2n) is 5.73. The average Bonchev–Trinajstić information content (AvgIpc) is 2.54. The van der Waals surface area contributed by atoms with Gasteiger partial charge in [-0.2, -0.15) is 0 Å². The van der Waals surface area contributed by atoms with Crippen molar-refractivity contribution in [1.29, 1.82) is 0 Å². The zero-order chi connectivity index (χ0) is 17.4. The summed E-state index contributed by atoms with van der Waals surface area (Å²) < 4.78 is 29.2. The van der Waals surface area contributed by atoms with E-state index in [4.69, 9.17) is 11.6 Å². The van der Waals surface area contributed by atoms with Gasteiger partial charge < -0.3 is 4.90 Å². The van der Waals surface area contributed by atoms with Crippen LogP contribution in [0.25, 0.3) is 11.3 Å². The lowest BCUT2D eigenvalue weighted by atomic mass is 9.94. The van der Waals surface area contributed by atoms with Crippen LogP contribution in [0.15, 0.2) is 65.8 Å². The molecule has 0 amide bonds. The molecule has 0 aromatic heterocycles. The molecule has 0 N–H and O–H groups in total. The second kappa shape index (κ2) is 6.25. The lowest BCUT2D eigenvalue weighted by Crippen LogP contribution is -2.22. The number of aryl methyl sites for hydroxylation is 1. The number of allylic oxidation sites excluding steroid dienone is 3. The highest BCUT2D eigenvalue weighted by atomic mass is 35.5. The molecule has 0 unspecified atom stereocenters. The summed E-state index contributed by atoms with van der Waals surface area (Å²) in [6.45, 7) is 5.56. The third-order valence-electron chi connectivity index (χ3n) is 4.05. The Bertz CT molecular complexity index is 859. The van der Waals surface area contributed by atoms with Crippen LogP contribution in [0.4, 0.5) is 8.78 Å². The molecule has 4 heteroatoms. The Morgan fingerprint density at radius 1 is 1.04 bits per heavy atom. The van der Waals surface area contributed by atoms with Gasteiger partial charge in [0.1, 0.15) is 11.6 Å². The Hall–Kier alpha value is -2.39. The van der Waals surface area contributed by atoms with E-state index < -0.39 is 11.6 Å². The van der Waals surface area contributed by atoms with Crippen LogP contribution in [-0.4, -0.2) is 11.9 Å². The molecule has 0 saturated carbocycles. The maximum Gasteiger partial charge on any atom is 0.135 e. The van der Waals surface area contributed by atoms with E-state index in [1.165, 1.54) is 12.1 Å². The van der Waals surface area contributed by atoms with E-state index in [2.05, 4.69) is 6.58 Å². The highest BCUT2D eigenvalue weighted by Crippen LogP contribution is 2.41. The van der Waals surface area contributed by atoms with E-state index in [0.717, 1.165) is 5.56 Å². The van der Waals surface area contributed by atoms with E-state index >= 15 is 0 Å². The molecule has 2 aromatic rings. The topological polar surface area (TPSA) is 3.24 Å². The van der Waals surface area contributed by atoms with Gasteiger partial charge in [-0.15, -0.1) is 0 Å². The van der Waals surface area contributed by atoms with Crippen LogP contribution in [0.1, 0.15) is 16.7 Å². The third-order valence-corrected chi connectivity index (χ3v) is 4.38. The first kappa shape index (κ1) is 16.5. The molecule has 24 heavy (non-hydrogen) atoms. The van der Waals surface area contributed by atoms with E-state index in [0.29, 0.717) is 27.6 Å². The van der Waals surface area contributed by atoms with Crippen molar-refractivity contribution in [1.82, 2.24) is 4.90 Å². The number of hydrogen-bond acceptors (Lipinski definition) is 1. The minimum absolute atomic E-state index is 0.0801. The molecule has 122 valence electrons. The maximum absolute atomic E-state index is 14.6. The first-order valence-corrected chi connectivity index (χ1v) is 7.84. The molecule has 0 bridgehead atoms. The number of nitrogens with zero attached hydrogens (tertiary/aromatic N) is 1. The SMILES string of the molecule is C=C1C(Cl)=CC(c2ccccc2)=C(c2c(F)cc(C)cc2F)N1C. The van der Waals surface area contributed by atoms with E-state index in [1.54, 1.807) is 24.9 Å². The number of benzene rings is 2. The van der Waals surface area contributed by atoms with Gasteiger partial charge in [-0.05, 0) is 36.3 Å². The maximum atomic E-state index is 14.6. The van der Waals surface area contributed by atoms with E-state index in [9.17, 15) is 8.78 Å². The van der Waals surface area contributed by atoms with Crippen LogP contribution in [0, 0.1) is 18.6 Å². The molecule has 1 aliphatic heterocycles. The van der Waals surface area contributed by atoms with Gasteiger partial charge in [-0.3, -0.25) is 0 Å². The van der Waals surface area contributed by atoms with Crippen LogP contribution >= 0.6 is 11.6 Å². The Labute approximate surface area is 145 Å². The zero-order valence-corrected chi connectivity index (χ0v) is 14.2. The molecular weight excluding hydrogens is 328 g/mol. The van der Waals surface area contributed by atoms with Crippen molar-refractivity contribution < 1.29 is 8.78 Å². The van der Waals surface area contributed by atoms with E-state index in [-0.39, 0.29) is 5.56 Å². The lowest BCUT2D eigenvalue weighted by molar-refractivity contribution is 0.549. The molecule has 3 rings (SSSR count). The second-order valence-corrected chi connectivity index (χ2v) is 6.14. The Kier molecular flexibility index (Phi) is 4.29. The zero-order valence-electron chi connectivity index (χ0n) is 13.4. The van der Waals surface area contributed by atoms with Crippen LogP contribution in [0.5, 0.6) is 0 Å². The molecule has 0 fully saturated rings. The number of rotatable bonds is 2. The van der Waals surface area contributed by atoms with Gasteiger partial charge in [-0.25, -0.2) is 8.78 Å². The molecule has 1 heterocycles. The van der Waals surface area contributed by atoms with Crippen LogP contribution in [0.3, 0.4) is 0 Å². The summed E-state index contributed by atoms with van der Waals surface area (Å²) in [6.07, 6.45) is 1.70. The van der Waals surface area contributed by atoms with Crippen molar-refractivity contribution >= 4 is 22.9 Å². The van der Waals surface area contributed by atoms with Crippen molar-refractivity contribution in [2.45, 2.75) is 6.92 Å². The van der Waals surface area contributed by atoms with Crippen molar-refractivity contribution in [3.05, 3.63) is 94.2 Å². The van der Waals surface area contributed by atoms with Crippen molar-refractivity contribution in [3.63, 3.8) is 0 Å². The fourth-order valence-corrected chi connectivity index (χ4v) is 3.06. The predicted molar refractivity (Wildman–Crippen MR) is 95.2 cm³/mol. The van der Waals surface area contributed by atoms with Crippen LogP contribution in [-0.2, 0) is 0 Å². The summed E-state index contributed by atoms with van der Waals surface area (Å²) in [5.41, 5.74) is 2.82. The summed E-state index contributed by atoms with van der Waals surface area (Å²) in [7, 11) is 1.70. The minimum atomic E-state index is -0.609. The number of likely N-dealkylation sites (N-methyl/N-ethyl adjacent to an activating group) is 1. The number of hydrogen-bond donors (Lipinski definition) is 0. The molecule has 0 spiro atoms. The molecule has 0 atom stereocenters. The van der Waals surface area contributed by atoms with Crippen LogP contribution in [0.2, 0.25) is 0 Å². The first-order chi connectivity index (χ1) is 11.4. The smallest absolute Gasteiger partial charge is 0.135 e. The summed E-state index contributed by atoms with van der Waals surface area (Å²) in [5.74, 6) is -1.22.